The van der Waals surface area contributed by atoms with Gasteiger partial charge < -0.3 is 20.3 Å². The maximum atomic E-state index is 12.5. The fourth-order valence-electron chi connectivity index (χ4n) is 2.54. The fourth-order valence-corrected chi connectivity index (χ4v) is 2.54. The number of nitrogens with two attached hydrogens (primary N) is 1. The van der Waals surface area contributed by atoms with Crippen LogP contribution in [0, 0.1) is 0 Å². The molecular formula is C17H25N3O3. The van der Waals surface area contributed by atoms with Gasteiger partial charge in [0.1, 0.15) is 5.60 Å². The Hall–Kier alpha value is -2.24. The molecule has 1 aromatic carbocycles. The summed E-state index contributed by atoms with van der Waals surface area (Å²) in [4.78, 5) is 28.1. The van der Waals surface area contributed by atoms with Crippen molar-refractivity contribution in [2.24, 2.45) is 0 Å². The number of rotatable bonds is 1. The van der Waals surface area contributed by atoms with E-state index in [1.54, 1.807) is 34.1 Å². The number of carbonyl (C=O) groups excluding carboxylic acids is 2. The van der Waals surface area contributed by atoms with Crippen LogP contribution in [-0.2, 0) is 4.74 Å². The molecule has 1 heterocycles. The second-order valence-electron chi connectivity index (χ2n) is 6.90. The highest BCUT2D eigenvalue weighted by Gasteiger charge is 2.32. The Labute approximate surface area is 137 Å². The van der Waals surface area contributed by atoms with Gasteiger partial charge in [-0.25, -0.2) is 4.79 Å². The first kappa shape index (κ1) is 17.1. The van der Waals surface area contributed by atoms with Crippen LogP contribution in [0.5, 0.6) is 0 Å². The van der Waals surface area contributed by atoms with E-state index in [-0.39, 0.29) is 18.0 Å². The van der Waals surface area contributed by atoms with Crippen molar-refractivity contribution >= 4 is 17.7 Å². The minimum atomic E-state index is -0.520. The lowest BCUT2D eigenvalue weighted by Crippen LogP contribution is -2.56. The Balaban J connectivity index is 1.99. The highest BCUT2D eigenvalue weighted by Crippen LogP contribution is 2.17. The zero-order valence-electron chi connectivity index (χ0n) is 14.2. The number of piperazine rings is 1. The largest absolute Gasteiger partial charge is 0.444 e. The first-order valence-corrected chi connectivity index (χ1v) is 7.82. The summed E-state index contributed by atoms with van der Waals surface area (Å²) < 4.78 is 5.41. The molecule has 0 aromatic heterocycles. The minimum absolute atomic E-state index is 0.0410. The molecular weight excluding hydrogens is 294 g/mol. The van der Waals surface area contributed by atoms with E-state index in [1.807, 2.05) is 27.7 Å². The summed E-state index contributed by atoms with van der Waals surface area (Å²) in [5.41, 5.74) is 6.36. The zero-order chi connectivity index (χ0) is 17.2. The van der Waals surface area contributed by atoms with E-state index in [4.69, 9.17) is 10.5 Å². The number of amides is 2. The van der Waals surface area contributed by atoms with Crippen LogP contribution in [0.15, 0.2) is 24.3 Å². The molecule has 2 amide bonds. The molecule has 0 saturated carbocycles. The van der Waals surface area contributed by atoms with Crippen LogP contribution < -0.4 is 5.73 Å². The fraction of sp³-hybridized carbons (Fsp3) is 0.529. The van der Waals surface area contributed by atoms with Gasteiger partial charge in [-0.3, -0.25) is 4.79 Å². The smallest absolute Gasteiger partial charge is 0.410 e. The normalized spacial score (nSPS) is 18.7. The van der Waals surface area contributed by atoms with Crippen LogP contribution in [0.1, 0.15) is 38.1 Å². The monoisotopic (exact) mass is 319 g/mol. The third-order valence-corrected chi connectivity index (χ3v) is 3.70. The molecule has 2 rings (SSSR count). The molecule has 0 radical (unpaired) electrons. The SMILES string of the molecule is C[C@H]1CN(C(=O)c2ccc(N)cc2)CCN1C(=O)OC(C)(C)C. The zero-order valence-corrected chi connectivity index (χ0v) is 14.2. The minimum Gasteiger partial charge on any atom is -0.444 e. The molecule has 1 fully saturated rings. The average molecular weight is 319 g/mol. The van der Waals surface area contributed by atoms with Crippen LogP contribution in [0.3, 0.4) is 0 Å². The molecule has 23 heavy (non-hydrogen) atoms. The Bertz CT molecular complexity index is 578. The second-order valence-corrected chi connectivity index (χ2v) is 6.90. The van der Waals surface area contributed by atoms with Crippen molar-refractivity contribution in [3.8, 4) is 0 Å². The van der Waals surface area contributed by atoms with Crippen molar-refractivity contribution in [3.63, 3.8) is 0 Å². The van der Waals surface area contributed by atoms with Crippen LogP contribution in [-0.4, -0.2) is 53.1 Å². The lowest BCUT2D eigenvalue weighted by Gasteiger charge is -2.40. The number of hydrogen-bond acceptors (Lipinski definition) is 4. The molecule has 1 aliphatic heterocycles. The quantitative estimate of drug-likeness (QED) is 0.806. The Morgan fingerprint density at radius 1 is 1.17 bits per heavy atom. The van der Waals surface area contributed by atoms with Gasteiger partial charge in [0.15, 0.2) is 0 Å². The van der Waals surface area contributed by atoms with E-state index < -0.39 is 5.60 Å². The highest BCUT2D eigenvalue weighted by atomic mass is 16.6. The first-order valence-electron chi connectivity index (χ1n) is 7.82. The molecule has 126 valence electrons. The first-order chi connectivity index (χ1) is 10.7. The Morgan fingerprint density at radius 2 is 1.78 bits per heavy atom. The number of hydrogen-bond donors (Lipinski definition) is 1. The molecule has 0 aliphatic carbocycles. The molecule has 1 aliphatic rings. The third kappa shape index (κ3) is 4.37. The van der Waals surface area contributed by atoms with Gasteiger partial charge in [0.05, 0.1) is 0 Å². The van der Waals surface area contributed by atoms with Crippen molar-refractivity contribution in [2.75, 3.05) is 25.4 Å². The van der Waals surface area contributed by atoms with Gasteiger partial charge in [0.2, 0.25) is 0 Å². The molecule has 6 heteroatoms. The lowest BCUT2D eigenvalue weighted by atomic mass is 10.1. The lowest BCUT2D eigenvalue weighted by molar-refractivity contribution is 0.00198. The second kappa shape index (κ2) is 6.48. The molecule has 0 unspecified atom stereocenters. The third-order valence-electron chi connectivity index (χ3n) is 3.70. The van der Waals surface area contributed by atoms with Gasteiger partial charge in [-0.15, -0.1) is 0 Å². The van der Waals surface area contributed by atoms with Crippen molar-refractivity contribution in [2.45, 2.75) is 39.3 Å². The summed E-state index contributed by atoms with van der Waals surface area (Å²) >= 11 is 0. The molecule has 6 nitrogen and oxygen atoms in total. The number of ether oxygens (including phenoxy) is 1. The summed E-state index contributed by atoms with van der Waals surface area (Å²) in [5, 5.41) is 0. The van der Waals surface area contributed by atoms with Gasteiger partial charge >= 0.3 is 6.09 Å². The maximum Gasteiger partial charge on any atom is 0.410 e. The van der Waals surface area contributed by atoms with Crippen LogP contribution in [0.2, 0.25) is 0 Å². The summed E-state index contributed by atoms with van der Waals surface area (Å²) in [6.07, 6.45) is -0.329. The summed E-state index contributed by atoms with van der Waals surface area (Å²) in [6.45, 7) is 8.90. The van der Waals surface area contributed by atoms with E-state index in [0.717, 1.165) is 0 Å². The van der Waals surface area contributed by atoms with Gasteiger partial charge in [-0.2, -0.15) is 0 Å². The van der Waals surface area contributed by atoms with Gasteiger partial charge in [0.25, 0.3) is 5.91 Å². The van der Waals surface area contributed by atoms with Crippen LogP contribution in [0.25, 0.3) is 0 Å². The van der Waals surface area contributed by atoms with Crippen molar-refractivity contribution in [1.29, 1.82) is 0 Å². The van der Waals surface area contributed by atoms with E-state index in [2.05, 4.69) is 0 Å². The number of nitrogen functional groups attached to an aromatic ring is 1. The van der Waals surface area contributed by atoms with E-state index in [9.17, 15) is 9.59 Å². The predicted molar refractivity (Wildman–Crippen MR) is 89.2 cm³/mol. The van der Waals surface area contributed by atoms with Crippen LogP contribution in [0.4, 0.5) is 10.5 Å². The molecule has 1 atom stereocenters. The van der Waals surface area contributed by atoms with Gasteiger partial charge in [-0.05, 0) is 52.0 Å². The number of carbonyl (C=O) groups is 2. The van der Waals surface area contributed by atoms with E-state index in [0.29, 0.717) is 30.9 Å². The summed E-state index contributed by atoms with van der Waals surface area (Å²) in [6, 6.07) is 6.79. The van der Waals surface area contributed by atoms with Crippen molar-refractivity contribution < 1.29 is 14.3 Å². The molecule has 2 N–H and O–H groups in total. The number of benzene rings is 1. The van der Waals surface area contributed by atoms with Gasteiger partial charge in [-0.1, -0.05) is 0 Å². The Kier molecular flexibility index (Phi) is 4.82. The molecule has 0 bridgehead atoms. The van der Waals surface area contributed by atoms with E-state index in [1.165, 1.54) is 0 Å². The number of nitrogens with zero attached hydrogens (tertiary/aromatic N) is 2. The molecule has 1 saturated heterocycles. The predicted octanol–water partition coefficient (Wildman–Crippen LogP) is 2.35. The highest BCUT2D eigenvalue weighted by molar-refractivity contribution is 5.94. The number of anilines is 1. The summed E-state index contributed by atoms with van der Waals surface area (Å²) in [5.74, 6) is -0.0410. The summed E-state index contributed by atoms with van der Waals surface area (Å²) in [7, 11) is 0. The Morgan fingerprint density at radius 3 is 2.30 bits per heavy atom. The molecule has 1 aromatic rings. The average Bonchev–Trinajstić information content (AvgIpc) is 2.45. The van der Waals surface area contributed by atoms with Crippen LogP contribution >= 0.6 is 0 Å². The van der Waals surface area contributed by atoms with Crippen molar-refractivity contribution in [3.05, 3.63) is 29.8 Å². The molecule has 0 spiro atoms. The maximum absolute atomic E-state index is 12.5. The van der Waals surface area contributed by atoms with Gasteiger partial charge in [0, 0.05) is 36.9 Å². The topological polar surface area (TPSA) is 75.9 Å². The van der Waals surface area contributed by atoms with E-state index >= 15 is 0 Å². The standard InChI is InChI=1S/C17H25N3O3/c1-12-11-19(15(21)13-5-7-14(18)8-6-13)9-10-20(12)16(22)23-17(2,3)4/h5-8,12H,9-11,18H2,1-4H3/t12-/m0/s1. The van der Waals surface area contributed by atoms with Crippen molar-refractivity contribution in [1.82, 2.24) is 9.80 Å².